The van der Waals surface area contributed by atoms with Gasteiger partial charge < -0.3 is 10.1 Å². The normalized spacial score (nSPS) is 16.4. The Bertz CT molecular complexity index is 929. The van der Waals surface area contributed by atoms with Gasteiger partial charge in [0, 0.05) is 36.3 Å². The van der Waals surface area contributed by atoms with Gasteiger partial charge in [-0.2, -0.15) is 0 Å². The Balaban J connectivity index is 1.41. The molecule has 1 N–H and O–H groups in total. The van der Waals surface area contributed by atoms with Gasteiger partial charge in [-0.05, 0) is 41.8 Å². The van der Waals surface area contributed by atoms with Crippen molar-refractivity contribution in [1.29, 1.82) is 0 Å². The number of hydrogen-bond donors (Lipinski definition) is 1. The first-order chi connectivity index (χ1) is 13.6. The molecule has 144 valence electrons. The van der Waals surface area contributed by atoms with Gasteiger partial charge in [-0.25, -0.2) is 0 Å². The largest absolute Gasteiger partial charge is 0.379 e. The first-order valence-electron chi connectivity index (χ1n) is 9.71. The van der Waals surface area contributed by atoms with Gasteiger partial charge in [-0.3, -0.25) is 14.5 Å². The number of rotatable bonds is 5. The van der Waals surface area contributed by atoms with E-state index in [1.54, 1.807) is 12.1 Å². The Morgan fingerprint density at radius 3 is 2.54 bits per heavy atom. The van der Waals surface area contributed by atoms with Crippen molar-refractivity contribution in [2.75, 3.05) is 39.4 Å². The van der Waals surface area contributed by atoms with Gasteiger partial charge in [0.05, 0.1) is 13.2 Å². The molecule has 0 aromatic heterocycles. The van der Waals surface area contributed by atoms with Crippen LogP contribution in [0.3, 0.4) is 0 Å². The Morgan fingerprint density at radius 2 is 1.75 bits per heavy atom. The zero-order chi connectivity index (χ0) is 19.5. The van der Waals surface area contributed by atoms with Gasteiger partial charge in [0.25, 0.3) is 5.91 Å². The van der Waals surface area contributed by atoms with Crippen molar-refractivity contribution < 1.29 is 14.3 Å². The molecule has 5 heteroatoms. The van der Waals surface area contributed by atoms with E-state index in [1.165, 1.54) is 0 Å². The van der Waals surface area contributed by atoms with Crippen LogP contribution in [0, 0.1) is 0 Å². The van der Waals surface area contributed by atoms with Crippen molar-refractivity contribution in [2.45, 2.75) is 6.42 Å². The van der Waals surface area contributed by atoms with Gasteiger partial charge >= 0.3 is 0 Å². The SMILES string of the molecule is C=C1c2ccccc2C(=O)c2cc(C(=O)NCCCN3CCOCC3)ccc21. The van der Waals surface area contributed by atoms with E-state index in [4.69, 9.17) is 4.74 Å². The summed E-state index contributed by atoms with van der Waals surface area (Å²) in [5, 5.41) is 2.96. The number of carbonyl (C=O) groups is 2. The fourth-order valence-electron chi connectivity index (χ4n) is 3.80. The number of ketones is 1. The molecule has 4 rings (SSSR count). The van der Waals surface area contributed by atoms with Crippen molar-refractivity contribution >= 4 is 17.3 Å². The van der Waals surface area contributed by atoms with Gasteiger partial charge in [0.15, 0.2) is 5.78 Å². The Kier molecular flexibility index (Phi) is 5.37. The zero-order valence-electron chi connectivity index (χ0n) is 15.9. The summed E-state index contributed by atoms with van der Waals surface area (Å²) in [7, 11) is 0. The van der Waals surface area contributed by atoms with Crippen molar-refractivity contribution in [3.05, 3.63) is 76.9 Å². The molecule has 1 saturated heterocycles. The second kappa shape index (κ2) is 8.09. The first kappa shape index (κ1) is 18.6. The Labute approximate surface area is 165 Å². The molecule has 0 radical (unpaired) electrons. The first-order valence-corrected chi connectivity index (χ1v) is 9.71. The van der Waals surface area contributed by atoms with Gasteiger partial charge in [-0.15, -0.1) is 0 Å². The molecule has 0 unspecified atom stereocenters. The molecule has 1 fully saturated rings. The molecule has 1 heterocycles. The van der Waals surface area contributed by atoms with Gasteiger partial charge in [0.1, 0.15) is 0 Å². The number of nitrogens with zero attached hydrogens (tertiary/aromatic N) is 1. The molecule has 5 nitrogen and oxygen atoms in total. The number of fused-ring (bicyclic) bond motifs is 2. The smallest absolute Gasteiger partial charge is 0.251 e. The number of nitrogens with one attached hydrogen (secondary N) is 1. The van der Waals surface area contributed by atoms with E-state index >= 15 is 0 Å². The monoisotopic (exact) mass is 376 g/mol. The average molecular weight is 376 g/mol. The summed E-state index contributed by atoms with van der Waals surface area (Å²) in [4.78, 5) is 27.8. The van der Waals surface area contributed by atoms with E-state index in [0.717, 1.165) is 56.0 Å². The maximum atomic E-state index is 12.9. The standard InChI is InChI=1S/C23H24N2O3/c1-16-18-5-2-3-6-20(18)22(26)21-15-17(7-8-19(16)21)23(27)24-9-4-10-25-11-13-28-14-12-25/h2-3,5-8,15H,1,4,9-14H2,(H,24,27). The maximum absolute atomic E-state index is 12.9. The summed E-state index contributed by atoms with van der Waals surface area (Å²) >= 11 is 0. The molecule has 1 amide bonds. The predicted octanol–water partition coefficient (Wildman–Crippen LogP) is 2.74. The van der Waals surface area contributed by atoms with Crippen LogP contribution >= 0.6 is 0 Å². The fraction of sp³-hybridized carbons (Fsp3) is 0.304. The minimum absolute atomic E-state index is 0.0556. The second-order valence-corrected chi connectivity index (χ2v) is 7.18. The van der Waals surface area contributed by atoms with Gasteiger partial charge in [0.2, 0.25) is 0 Å². The molecular formula is C23H24N2O3. The lowest BCUT2D eigenvalue weighted by Gasteiger charge is -2.26. The molecule has 28 heavy (non-hydrogen) atoms. The van der Waals surface area contributed by atoms with Crippen LogP contribution in [0.25, 0.3) is 5.57 Å². The lowest BCUT2D eigenvalue weighted by molar-refractivity contribution is 0.0374. The maximum Gasteiger partial charge on any atom is 0.251 e. The summed E-state index contributed by atoms with van der Waals surface area (Å²) in [6.07, 6.45) is 0.889. The summed E-state index contributed by atoms with van der Waals surface area (Å²) < 4.78 is 5.34. The van der Waals surface area contributed by atoms with Crippen molar-refractivity contribution in [3.8, 4) is 0 Å². The lowest BCUT2D eigenvalue weighted by atomic mass is 9.81. The van der Waals surface area contributed by atoms with Crippen LogP contribution in [0.4, 0.5) is 0 Å². The predicted molar refractivity (Wildman–Crippen MR) is 109 cm³/mol. The third-order valence-electron chi connectivity index (χ3n) is 5.39. The third-order valence-corrected chi connectivity index (χ3v) is 5.39. The topological polar surface area (TPSA) is 58.6 Å². The molecule has 2 aromatic carbocycles. The van der Waals surface area contributed by atoms with E-state index < -0.39 is 0 Å². The molecule has 1 aliphatic heterocycles. The molecule has 2 aromatic rings. The summed E-state index contributed by atoms with van der Waals surface area (Å²) in [5.41, 5.74) is 4.17. The quantitative estimate of drug-likeness (QED) is 0.696. The van der Waals surface area contributed by atoms with Crippen LogP contribution in [-0.4, -0.2) is 56.0 Å². The molecule has 0 spiro atoms. The summed E-state index contributed by atoms with van der Waals surface area (Å²) in [6, 6.07) is 12.8. The highest BCUT2D eigenvalue weighted by Crippen LogP contribution is 2.34. The molecule has 1 aliphatic carbocycles. The Morgan fingerprint density at radius 1 is 1.04 bits per heavy atom. The minimum Gasteiger partial charge on any atom is -0.379 e. The van der Waals surface area contributed by atoms with Crippen LogP contribution in [0.15, 0.2) is 49.0 Å². The van der Waals surface area contributed by atoms with Crippen molar-refractivity contribution in [3.63, 3.8) is 0 Å². The highest BCUT2D eigenvalue weighted by Gasteiger charge is 2.26. The molecule has 0 atom stereocenters. The number of carbonyl (C=O) groups excluding carboxylic acids is 2. The minimum atomic E-state index is -0.151. The molecule has 2 aliphatic rings. The molecule has 0 saturated carbocycles. The second-order valence-electron chi connectivity index (χ2n) is 7.18. The third kappa shape index (κ3) is 3.63. The van der Waals surface area contributed by atoms with Crippen LogP contribution in [0.5, 0.6) is 0 Å². The molecular weight excluding hydrogens is 352 g/mol. The highest BCUT2D eigenvalue weighted by atomic mass is 16.5. The number of benzene rings is 2. The van der Waals surface area contributed by atoms with Crippen LogP contribution in [0.1, 0.15) is 43.8 Å². The van der Waals surface area contributed by atoms with E-state index in [0.29, 0.717) is 23.2 Å². The fourth-order valence-corrected chi connectivity index (χ4v) is 3.80. The van der Waals surface area contributed by atoms with Crippen molar-refractivity contribution in [2.24, 2.45) is 0 Å². The van der Waals surface area contributed by atoms with Crippen LogP contribution < -0.4 is 5.32 Å². The van der Waals surface area contributed by atoms with Crippen molar-refractivity contribution in [1.82, 2.24) is 10.2 Å². The number of ether oxygens (including phenoxy) is 1. The Hall–Kier alpha value is -2.76. The molecule has 0 bridgehead atoms. The van der Waals surface area contributed by atoms with E-state index in [2.05, 4.69) is 16.8 Å². The van der Waals surface area contributed by atoms with Crippen LogP contribution in [-0.2, 0) is 4.74 Å². The van der Waals surface area contributed by atoms with Crippen LogP contribution in [0.2, 0.25) is 0 Å². The number of morpholine rings is 1. The van der Waals surface area contributed by atoms with E-state index in [-0.39, 0.29) is 11.7 Å². The van der Waals surface area contributed by atoms with Gasteiger partial charge in [-0.1, -0.05) is 36.9 Å². The average Bonchev–Trinajstić information content (AvgIpc) is 2.75. The summed E-state index contributed by atoms with van der Waals surface area (Å²) in [5.74, 6) is -0.206. The zero-order valence-corrected chi connectivity index (χ0v) is 15.9. The summed E-state index contributed by atoms with van der Waals surface area (Å²) in [6.45, 7) is 9.16. The highest BCUT2D eigenvalue weighted by molar-refractivity contribution is 6.19. The lowest BCUT2D eigenvalue weighted by Crippen LogP contribution is -2.38. The van der Waals surface area contributed by atoms with E-state index in [9.17, 15) is 9.59 Å². The number of amides is 1. The number of hydrogen-bond acceptors (Lipinski definition) is 4. The van der Waals surface area contributed by atoms with E-state index in [1.807, 2.05) is 30.3 Å².